The number of amides is 1. The predicted octanol–water partition coefficient (Wildman–Crippen LogP) is 3.29. The number of benzene rings is 1. The van der Waals surface area contributed by atoms with Crippen LogP contribution < -0.4 is 5.32 Å². The van der Waals surface area contributed by atoms with E-state index in [1.165, 1.54) is 23.7 Å². The highest BCUT2D eigenvalue weighted by Gasteiger charge is 2.26. The van der Waals surface area contributed by atoms with E-state index in [1.807, 2.05) is 13.1 Å². The molecule has 1 aliphatic carbocycles. The van der Waals surface area contributed by atoms with Crippen LogP contribution in [0.5, 0.6) is 0 Å². The average Bonchev–Trinajstić information content (AvgIpc) is 3.38. The first-order chi connectivity index (χ1) is 13.7. The van der Waals surface area contributed by atoms with Gasteiger partial charge < -0.3 is 14.5 Å². The molecule has 140 valence electrons. The topological polar surface area (TPSA) is 64.7 Å². The van der Waals surface area contributed by atoms with E-state index in [9.17, 15) is 4.79 Å². The van der Waals surface area contributed by atoms with Crippen molar-refractivity contribution in [2.45, 2.75) is 25.8 Å². The summed E-state index contributed by atoms with van der Waals surface area (Å²) in [5.41, 5.74) is 5.51. The molecule has 6 heteroatoms. The van der Waals surface area contributed by atoms with Gasteiger partial charge in [-0.05, 0) is 37.0 Å². The maximum atomic E-state index is 12.2. The molecule has 0 saturated heterocycles. The van der Waals surface area contributed by atoms with Gasteiger partial charge in [-0.1, -0.05) is 18.2 Å². The number of carbonyl (C=O) groups excluding carboxylic acids is 1. The maximum absolute atomic E-state index is 12.2. The van der Waals surface area contributed by atoms with Crippen LogP contribution in [0.4, 0.5) is 0 Å². The van der Waals surface area contributed by atoms with Crippen LogP contribution in [0, 0.1) is 5.92 Å². The zero-order valence-corrected chi connectivity index (χ0v) is 15.8. The van der Waals surface area contributed by atoms with E-state index in [0.717, 1.165) is 47.3 Å². The van der Waals surface area contributed by atoms with Crippen molar-refractivity contribution in [1.82, 2.24) is 24.4 Å². The molecule has 3 aromatic heterocycles. The van der Waals surface area contributed by atoms with Gasteiger partial charge in [0.2, 0.25) is 0 Å². The van der Waals surface area contributed by atoms with Crippen LogP contribution in [0.1, 0.15) is 28.9 Å². The van der Waals surface area contributed by atoms with Gasteiger partial charge in [0.25, 0.3) is 5.91 Å². The number of pyridine rings is 1. The number of nitrogens with one attached hydrogen (secondary N) is 1. The van der Waals surface area contributed by atoms with Gasteiger partial charge in [0.15, 0.2) is 11.5 Å². The van der Waals surface area contributed by atoms with E-state index in [1.54, 1.807) is 0 Å². The molecule has 4 heterocycles. The summed E-state index contributed by atoms with van der Waals surface area (Å²) < 4.78 is 4.47. The number of hydrogen-bond donors (Lipinski definition) is 1. The summed E-state index contributed by atoms with van der Waals surface area (Å²) in [7, 11) is 2.02. The normalized spacial score (nSPS) is 16.5. The van der Waals surface area contributed by atoms with Crippen molar-refractivity contribution in [1.29, 1.82) is 0 Å². The molecule has 2 aliphatic rings. The Bertz CT molecular complexity index is 1260. The van der Waals surface area contributed by atoms with Gasteiger partial charge in [-0.25, -0.2) is 9.97 Å². The number of carbonyl (C=O) groups is 1. The third-order valence-corrected chi connectivity index (χ3v) is 5.99. The molecule has 1 N–H and O–H groups in total. The molecule has 1 fully saturated rings. The summed E-state index contributed by atoms with van der Waals surface area (Å²) in [5.74, 6) is 1.62. The van der Waals surface area contributed by atoms with E-state index in [2.05, 4.69) is 44.8 Å². The Balaban J connectivity index is 1.58. The summed E-state index contributed by atoms with van der Waals surface area (Å²) in [5, 5.41) is 4.13. The molecule has 0 atom stereocenters. The van der Waals surface area contributed by atoms with Crippen LogP contribution in [0.25, 0.3) is 33.6 Å². The SMILES string of the molecule is Cn1c(-c2cc3ccccc3n2CC2CC2)nc2cc3c(nc21)CCNC3=O. The van der Waals surface area contributed by atoms with E-state index in [-0.39, 0.29) is 5.91 Å². The van der Waals surface area contributed by atoms with E-state index in [4.69, 9.17) is 9.97 Å². The summed E-state index contributed by atoms with van der Waals surface area (Å²) in [6.07, 6.45) is 3.37. The second-order valence-corrected chi connectivity index (χ2v) is 7.97. The summed E-state index contributed by atoms with van der Waals surface area (Å²) in [6.45, 7) is 1.67. The molecular weight excluding hydrogens is 350 g/mol. The fourth-order valence-corrected chi connectivity index (χ4v) is 4.31. The van der Waals surface area contributed by atoms with Crippen molar-refractivity contribution in [2.24, 2.45) is 13.0 Å². The minimum absolute atomic E-state index is 0.0503. The lowest BCUT2D eigenvalue weighted by molar-refractivity contribution is 0.0945. The second kappa shape index (κ2) is 5.67. The quantitative estimate of drug-likeness (QED) is 0.601. The lowest BCUT2D eigenvalue weighted by atomic mass is 10.1. The molecule has 4 aromatic rings. The number of rotatable bonds is 3. The standard InChI is InChI=1S/C22H21N5O/c1-26-20-17(11-15-16(24-20)8-9-23-22(15)28)25-21(26)19-10-14-4-2-3-5-18(14)27(19)12-13-6-7-13/h2-5,10-11,13H,6-9,12H2,1H3,(H,23,28). The first-order valence-electron chi connectivity index (χ1n) is 9.92. The van der Waals surface area contributed by atoms with Crippen molar-refractivity contribution in [2.75, 3.05) is 6.54 Å². The Morgan fingerprint density at radius 3 is 2.89 bits per heavy atom. The average molecular weight is 371 g/mol. The molecule has 1 amide bonds. The largest absolute Gasteiger partial charge is 0.352 e. The van der Waals surface area contributed by atoms with Crippen molar-refractivity contribution >= 4 is 28.0 Å². The van der Waals surface area contributed by atoms with Gasteiger partial charge in [0, 0.05) is 37.5 Å². The molecule has 1 aliphatic heterocycles. The molecule has 28 heavy (non-hydrogen) atoms. The van der Waals surface area contributed by atoms with Crippen molar-refractivity contribution in [3.05, 3.63) is 47.7 Å². The van der Waals surface area contributed by atoms with Gasteiger partial charge in [-0.15, -0.1) is 0 Å². The fourth-order valence-electron chi connectivity index (χ4n) is 4.31. The van der Waals surface area contributed by atoms with E-state index in [0.29, 0.717) is 12.1 Å². The summed E-state index contributed by atoms with van der Waals surface area (Å²) >= 11 is 0. The van der Waals surface area contributed by atoms with Crippen LogP contribution in [0.15, 0.2) is 36.4 Å². The second-order valence-electron chi connectivity index (χ2n) is 7.97. The lowest BCUT2D eigenvalue weighted by Gasteiger charge is -2.15. The number of nitrogens with zero attached hydrogens (tertiary/aromatic N) is 4. The van der Waals surface area contributed by atoms with Crippen molar-refractivity contribution in [3.8, 4) is 11.5 Å². The van der Waals surface area contributed by atoms with Crippen molar-refractivity contribution in [3.63, 3.8) is 0 Å². The van der Waals surface area contributed by atoms with Gasteiger partial charge in [-0.3, -0.25) is 4.79 Å². The van der Waals surface area contributed by atoms with Gasteiger partial charge >= 0.3 is 0 Å². The molecule has 1 saturated carbocycles. The highest BCUT2D eigenvalue weighted by Crippen LogP contribution is 2.36. The van der Waals surface area contributed by atoms with Crippen LogP contribution in [-0.4, -0.2) is 31.6 Å². The minimum Gasteiger partial charge on any atom is -0.352 e. The first kappa shape index (κ1) is 15.9. The van der Waals surface area contributed by atoms with Crippen LogP contribution >= 0.6 is 0 Å². The Kier molecular flexibility index (Phi) is 3.21. The highest BCUT2D eigenvalue weighted by molar-refractivity contribution is 5.99. The summed E-state index contributed by atoms with van der Waals surface area (Å²) in [4.78, 5) is 21.9. The maximum Gasteiger partial charge on any atom is 0.253 e. The fraction of sp³-hybridized carbons (Fsp3) is 0.318. The molecular formula is C22H21N5O. The molecule has 6 nitrogen and oxygen atoms in total. The molecule has 1 aromatic carbocycles. The highest BCUT2D eigenvalue weighted by atomic mass is 16.1. The predicted molar refractivity (Wildman–Crippen MR) is 108 cm³/mol. The summed E-state index contributed by atoms with van der Waals surface area (Å²) in [6, 6.07) is 12.6. The molecule has 6 rings (SSSR count). The van der Waals surface area contributed by atoms with E-state index >= 15 is 0 Å². The molecule has 0 radical (unpaired) electrons. The minimum atomic E-state index is -0.0503. The number of imidazole rings is 1. The number of fused-ring (bicyclic) bond motifs is 3. The number of hydrogen-bond acceptors (Lipinski definition) is 3. The molecule has 0 unspecified atom stereocenters. The molecule has 0 bridgehead atoms. The lowest BCUT2D eigenvalue weighted by Crippen LogP contribution is -2.32. The Hall–Kier alpha value is -3.15. The Morgan fingerprint density at radius 2 is 2.04 bits per heavy atom. The van der Waals surface area contributed by atoms with Gasteiger partial charge in [0.1, 0.15) is 5.52 Å². The first-order valence-corrected chi connectivity index (χ1v) is 9.92. The van der Waals surface area contributed by atoms with Gasteiger partial charge in [0.05, 0.1) is 17.0 Å². The smallest absolute Gasteiger partial charge is 0.253 e. The van der Waals surface area contributed by atoms with Crippen LogP contribution in [0.3, 0.4) is 0 Å². The number of para-hydroxylation sites is 1. The van der Waals surface area contributed by atoms with Crippen LogP contribution in [-0.2, 0) is 20.0 Å². The molecule has 0 spiro atoms. The zero-order valence-electron chi connectivity index (χ0n) is 15.8. The number of aryl methyl sites for hydroxylation is 1. The van der Waals surface area contributed by atoms with Gasteiger partial charge in [-0.2, -0.15) is 0 Å². The zero-order chi connectivity index (χ0) is 18.8. The Morgan fingerprint density at radius 1 is 1.18 bits per heavy atom. The number of aromatic nitrogens is 4. The van der Waals surface area contributed by atoms with Crippen molar-refractivity contribution < 1.29 is 4.79 Å². The van der Waals surface area contributed by atoms with E-state index < -0.39 is 0 Å². The van der Waals surface area contributed by atoms with Crippen LogP contribution in [0.2, 0.25) is 0 Å². The Labute approximate surface area is 162 Å². The third-order valence-electron chi connectivity index (χ3n) is 5.99. The monoisotopic (exact) mass is 371 g/mol. The third kappa shape index (κ3) is 2.30.